The third-order valence-corrected chi connectivity index (χ3v) is 6.85. The van der Waals surface area contributed by atoms with Crippen molar-refractivity contribution in [1.82, 2.24) is 19.4 Å². The minimum absolute atomic E-state index is 0.131. The smallest absolute Gasteiger partial charge is 0.151 e. The van der Waals surface area contributed by atoms with E-state index in [1.165, 1.54) is 16.8 Å². The third kappa shape index (κ3) is 3.21. The van der Waals surface area contributed by atoms with Crippen LogP contribution < -0.4 is 5.32 Å². The number of piperidine rings is 1. The molecule has 0 amide bonds. The summed E-state index contributed by atoms with van der Waals surface area (Å²) in [5.74, 6) is 2.42. The Balaban J connectivity index is 1.44. The predicted molar refractivity (Wildman–Crippen MR) is 121 cm³/mol. The van der Waals surface area contributed by atoms with Crippen molar-refractivity contribution in [2.45, 2.75) is 51.6 Å². The average Bonchev–Trinajstić information content (AvgIpc) is 3.19. The van der Waals surface area contributed by atoms with Gasteiger partial charge >= 0.3 is 0 Å². The fourth-order valence-corrected chi connectivity index (χ4v) is 5.05. The second-order valence-corrected chi connectivity index (χ2v) is 9.35. The van der Waals surface area contributed by atoms with Gasteiger partial charge in [0.1, 0.15) is 5.82 Å². The van der Waals surface area contributed by atoms with E-state index in [-0.39, 0.29) is 5.54 Å². The standard InChI is InChI=1S/C24H28ClN5/c1-16(2)23-27-14-21-24(28-22-20(30(21)23)5-4-10-26-22)8-11-29(12-9-24)15-18-13-17(3)6-7-19(18)25/h4-7,10,13-14,16H,8-9,11-12,15H2,1-3H3,(H,26,28). The minimum atomic E-state index is -0.131. The van der Waals surface area contributed by atoms with Gasteiger partial charge in [0.15, 0.2) is 5.82 Å². The minimum Gasteiger partial charge on any atom is -0.357 e. The van der Waals surface area contributed by atoms with E-state index in [9.17, 15) is 0 Å². The monoisotopic (exact) mass is 421 g/mol. The zero-order valence-corrected chi connectivity index (χ0v) is 18.6. The Morgan fingerprint density at radius 3 is 2.73 bits per heavy atom. The molecule has 1 saturated heterocycles. The van der Waals surface area contributed by atoms with Crippen LogP contribution >= 0.6 is 11.6 Å². The predicted octanol–water partition coefficient (Wildman–Crippen LogP) is 5.27. The summed E-state index contributed by atoms with van der Waals surface area (Å²) in [6, 6.07) is 10.4. The lowest BCUT2D eigenvalue weighted by atomic mass is 9.82. The van der Waals surface area contributed by atoms with Crippen LogP contribution in [0.3, 0.4) is 0 Å². The lowest BCUT2D eigenvalue weighted by Gasteiger charge is -2.45. The van der Waals surface area contributed by atoms with E-state index in [2.05, 4.69) is 64.9 Å². The Kier molecular flexibility index (Phi) is 4.83. The number of aryl methyl sites for hydroxylation is 1. The summed E-state index contributed by atoms with van der Waals surface area (Å²) in [4.78, 5) is 12.0. The van der Waals surface area contributed by atoms with Gasteiger partial charge in [-0.25, -0.2) is 9.97 Å². The number of rotatable bonds is 3. The zero-order chi connectivity index (χ0) is 20.9. The summed E-state index contributed by atoms with van der Waals surface area (Å²) in [5.41, 5.74) is 4.70. The lowest BCUT2D eigenvalue weighted by molar-refractivity contribution is 0.161. The van der Waals surface area contributed by atoms with Crippen LogP contribution in [0.5, 0.6) is 0 Å². The number of imidazole rings is 1. The van der Waals surface area contributed by atoms with Crippen molar-refractivity contribution in [3.8, 4) is 5.69 Å². The van der Waals surface area contributed by atoms with Crippen molar-refractivity contribution >= 4 is 17.4 Å². The van der Waals surface area contributed by atoms with Gasteiger partial charge in [-0.2, -0.15) is 0 Å². The van der Waals surface area contributed by atoms with Crippen LogP contribution in [-0.4, -0.2) is 32.5 Å². The maximum Gasteiger partial charge on any atom is 0.151 e. The van der Waals surface area contributed by atoms with Gasteiger partial charge < -0.3 is 5.32 Å². The number of anilines is 1. The van der Waals surface area contributed by atoms with Crippen molar-refractivity contribution < 1.29 is 0 Å². The molecule has 5 rings (SSSR count). The molecule has 1 fully saturated rings. The SMILES string of the molecule is Cc1ccc(Cl)c(CN2CCC3(CC2)Nc2ncccc2-n2c3cnc2C(C)C)c1. The summed E-state index contributed by atoms with van der Waals surface area (Å²) >= 11 is 6.45. The number of pyridine rings is 1. The fourth-order valence-electron chi connectivity index (χ4n) is 4.87. The average molecular weight is 422 g/mol. The van der Waals surface area contributed by atoms with Crippen LogP contribution in [0.4, 0.5) is 5.82 Å². The molecule has 1 spiro atoms. The molecule has 0 saturated carbocycles. The first-order valence-corrected chi connectivity index (χ1v) is 11.1. The van der Waals surface area contributed by atoms with E-state index in [1.54, 1.807) is 0 Å². The van der Waals surface area contributed by atoms with Crippen molar-refractivity contribution in [1.29, 1.82) is 0 Å². The van der Waals surface area contributed by atoms with Gasteiger partial charge in [-0.3, -0.25) is 9.47 Å². The Morgan fingerprint density at radius 2 is 1.97 bits per heavy atom. The van der Waals surface area contributed by atoms with Gasteiger partial charge in [-0.05, 0) is 43.5 Å². The number of likely N-dealkylation sites (tertiary alicyclic amines) is 1. The molecular weight excluding hydrogens is 394 g/mol. The molecule has 0 aliphatic carbocycles. The molecule has 2 aromatic heterocycles. The Morgan fingerprint density at radius 1 is 1.17 bits per heavy atom. The molecule has 0 atom stereocenters. The zero-order valence-electron chi connectivity index (χ0n) is 17.8. The highest BCUT2D eigenvalue weighted by Gasteiger charge is 2.43. The van der Waals surface area contributed by atoms with E-state index < -0.39 is 0 Å². The fraction of sp³-hybridized carbons (Fsp3) is 0.417. The topological polar surface area (TPSA) is 46.0 Å². The molecule has 2 aliphatic heterocycles. The highest BCUT2D eigenvalue weighted by Crippen LogP contribution is 2.44. The Labute approximate surface area is 183 Å². The van der Waals surface area contributed by atoms with Gasteiger partial charge in [-0.1, -0.05) is 43.1 Å². The number of aromatic nitrogens is 3. The van der Waals surface area contributed by atoms with Gasteiger partial charge in [0.2, 0.25) is 0 Å². The van der Waals surface area contributed by atoms with Crippen LogP contribution in [0.25, 0.3) is 5.69 Å². The van der Waals surface area contributed by atoms with E-state index >= 15 is 0 Å². The van der Waals surface area contributed by atoms with Crippen LogP contribution in [0, 0.1) is 6.92 Å². The molecule has 0 radical (unpaired) electrons. The molecule has 5 nitrogen and oxygen atoms in total. The molecule has 6 heteroatoms. The van der Waals surface area contributed by atoms with Gasteiger partial charge in [0.05, 0.1) is 23.1 Å². The normalized spacial score (nSPS) is 17.6. The van der Waals surface area contributed by atoms with E-state index in [0.29, 0.717) is 5.92 Å². The van der Waals surface area contributed by atoms with Crippen molar-refractivity contribution in [2.24, 2.45) is 0 Å². The largest absolute Gasteiger partial charge is 0.357 e. The molecule has 4 heterocycles. The number of hydrogen-bond acceptors (Lipinski definition) is 4. The van der Waals surface area contributed by atoms with Crippen LogP contribution in [0.2, 0.25) is 5.02 Å². The molecule has 156 valence electrons. The van der Waals surface area contributed by atoms with Crippen LogP contribution in [0.15, 0.2) is 42.7 Å². The van der Waals surface area contributed by atoms with E-state index in [1.807, 2.05) is 18.3 Å². The molecule has 30 heavy (non-hydrogen) atoms. The van der Waals surface area contributed by atoms with Crippen molar-refractivity contribution in [2.75, 3.05) is 18.4 Å². The first-order valence-electron chi connectivity index (χ1n) is 10.8. The van der Waals surface area contributed by atoms with Crippen molar-refractivity contribution in [3.05, 3.63) is 70.4 Å². The summed E-state index contributed by atoms with van der Waals surface area (Å²) in [7, 11) is 0. The highest BCUT2D eigenvalue weighted by molar-refractivity contribution is 6.31. The second kappa shape index (κ2) is 7.40. The van der Waals surface area contributed by atoms with Crippen LogP contribution in [0.1, 0.15) is 55.3 Å². The molecule has 1 aromatic carbocycles. The number of fused-ring (bicyclic) bond motifs is 4. The summed E-state index contributed by atoms with van der Waals surface area (Å²) in [5, 5.41) is 4.66. The maximum absolute atomic E-state index is 6.45. The molecule has 0 unspecified atom stereocenters. The van der Waals surface area contributed by atoms with Gasteiger partial charge in [0.25, 0.3) is 0 Å². The first-order chi connectivity index (χ1) is 14.5. The molecule has 1 N–H and O–H groups in total. The molecular formula is C24H28ClN5. The van der Waals surface area contributed by atoms with E-state index in [0.717, 1.165) is 54.8 Å². The summed E-state index contributed by atoms with van der Waals surface area (Å²) in [6.07, 6.45) is 5.96. The summed E-state index contributed by atoms with van der Waals surface area (Å²) < 4.78 is 2.34. The molecule has 3 aromatic rings. The second-order valence-electron chi connectivity index (χ2n) is 8.94. The summed E-state index contributed by atoms with van der Waals surface area (Å²) in [6.45, 7) is 9.42. The van der Waals surface area contributed by atoms with Crippen LogP contribution in [-0.2, 0) is 12.1 Å². The number of nitrogens with one attached hydrogen (secondary N) is 1. The number of halogens is 1. The van der Waals surface area contributed by atoms with E-state index in [4.69, 9.17) is 16.6 Å². The highest BCUT2D eigenvalue weighted by atomic mass is 35.5. The Hall–Kier alpha value is -2.37. The van der Waals surface area contributed by atoms with Gasteiger partial charge in [0, 0.05) is 36.8 Å². The number of benzene rings is 1. The Bertz CT molecular complexity index is 1080. The van der Waals surface area contributed by atoms with Crippen molar-refractivity contribution in [3.63, 3.8) is 0 Å². The van der Waals surface area contributed by atoms with Gasteiger partial charge in [-0.15, -0.1) is 0 Å². The molecule has 0 bridgehead atoms. The maximum atomic E-state index is 6.45. The quantitative estimate of drug-likeness (QED) is 0.625. The molecule has 2 aliphatic rings. The number of hydrogen-bond donors (Lipinski definition) is 1. The lowest BCUT2D eigenvalue weighted by Crippen LogP contribution is -2.49. The first kappa shape index (κ1) is 19.6. The number of nitrogens with zero attached hydrogens (tertiary/aromatic N) is 4. The third-order valence-electron chi connectivity index (χ3n) is 6.49.